The Labute approximate surface area is 211 Å². The Morgan fingerprint density at radius 2 is 1.83 bits per heavy atom. The number of fused-ring (bicyclic) bond motifs is 1. The predicted octanol–water partition coefficient (Wildman–Crippen LogP) is 3.12. The highest BCUT2D eigenvalue weighted by molar-refractivity contribution is 7.07. The van der Waals surface area contributed by atoms with Crippen LogP contribution in [0.1, 0.15) is 44.9 Å². The van der Waals surface area contributed by atoms with E-state index in [0.717, 1.165) is 5.56 Å². The number of benzene rings is 2. The molecule has 3 aromatic rings. The molecule has 4 rings (SSSR count). The van der Waals surface area contributed by atoms with Gasteiger partial charge in [0.05, 0.1) is 35.1 Å². The fourth-order valence-corrected chi connectivity index (χ4v) is 5.06. The molecule has 0 saturated carbocycles. The van der Waals surface area contributed by atoms with Crippen molar-refractivity contribution in [2.45, 2.75) is 33.7 Å². The average Bonchev–Trinajstić information content (AvgIpc) is 3.14. The summed E-state index contributed by atoms with van der Waals surface area (Å²) in [7, 11) is 0. The van der Waals surface area contributed by atoms with Crippen molar-refractivity contribution in [3.05, 3.63) is 90.6 Å². The molecule has 186 valence electrons. The molecular weight excluding hydrogens is 480 g/mol. The van der Waals surface area contributed by atoms with Gasteiger partial charge in [0, 0.05) is 6.92 Å². The van der Waals surface area contributed by atoms with Crippen molar-refractivity contribution in [1.82, 2.24) is 4.57 Å². The van der Waals surface area contributed by atoms with Crippen LogP contribution >= 0.6 is 11.3 Å². The van der Waals surface area contributed by atoms with Crippen LogP contribution in [0.15, 0.2) is 69.6 Å². The summed E-state index contributed by atoms with van der Waals surface area (Å²) in [6, 6.07) is 13.8. The molecule has 2 heterocycles. The van der Waals surface area contributed by atoms with Crippen molar-refractivity contribution in [2.24, 2.45) is 4.99 Å². The highest BCUT2D eigenvalue weighted by Gasteiger charge is 2.33. The second-order valence-electron chi connectivity index (χ2n) is 7.95. The summed E-state index contributed by atoms with van der Waals surface area (Å²) in [6.45, 7) is 7.24. The first-order chi connectivity index (χ1) is 17.3. The van der Waals surface area contributed by atoms with Gasteiger partial charge in [-0.1, -0.05) is 47.7 Å². The van der Waals surface area contributed by atoms with E-state index in [2.05, 4.69) is 4.99 Å². The number of nitrogens with zero attached hydrogens (tertiary/aromatic N) is 2. The molecule has 0 N–H and O–H groups in total. The zero-order valence-electron chi connectivity index (χ0n) is 20.4. The molecule has 0 bridgehead atoms. The number of ether oxygens (including phenoxy) is 3. The lowest BCUT2D eigenvalue weighted by Gasteiger charge is -2.24. The molecule has 1 atom stereocenters. The van der Waals surface area contributed by atoms with E-state index >= 15 is 0 Å². The van der Waals surface area contributed by atoms with Gasteiger partial charge in [0.2, 0.25) is 0 Å². The second-order valence-corrected chi connectivity index (χ2v) is 8.95. The molecule has 0 fully saturated rings. The number of carbonyl (C=O) groups excluding carboxylic acids is 2. The van der Waals surface area contributed by atoms with E-state index in [9.17, 15) is 14.4 Å². The van der Waals surface area contributed by atoms with Crippen LogP contribution < -0.4 is 24.4 Å². The normalized spacial score (nSPS) is 15.2. The SMILES string of the molecule is CCOC(=O)C1=C(C)N=c2s/c(=C\c3ccc(OC(C)=O)c(OCC)c3)c(=O)n2C1c1ccccc1. The van der Waals surface area contributed by atoms with Crippen LogP contribution in [0.5, 0.6) is 11.5 Å². The Hall–Kier alpha value is -3.98. The van der Waals surface area contributed by atoms with Crippen LogP contribution in [0.2, 0.25) is 0 Å². The topological polar surface area (TPSA) is 96.2 Å². The van der Waals surface area contributed by atoms with Crippen LogP contribution in [0.25, 0.3) is 6.08 Å². The molecule has 0 aliphatic carbocycles. The minimum Gasteiger partial charge on any atom is -0.490 e. The maximum Gasteiger partial charge on any atom is 0.338 e. The Morgan fingerprint density at radius 1 is 1.08 bits per heavy atom. The summed E-state index contributed by atoms with van der Waals surface area (Å²) in [6.07, 6.45) is 1.73. The molecule has 1 unspecified atom stereocenters. The minimum absolute atomic E-state index is 0.215. The van der Waals surface area contributed by atoms with E-state index in [1.54, 1.807) is 42.7 Å². The summed E-state index contributed by atoms with van der Waals surface area (Å²) in [5.41, 5.74) is 2.05. The van der Waals surface area contributed by atoms with Gasteiger partial charge in [0.1, 0.15) is 0 Å². The molecule has 0 spiro atoms. The second kappa shape index (κ2) is 10.7. The predicted molar refractivity (Wildman–Crippen MR) is 136 cm³/mol. The van der Waals surface area contributed by atoms with Crippen molar-refractivity contribution in [2.75, 3.05) is 13.2 Å². The number of thiazole rings is 1. The van der Waals surface area contributed by atoms with Crippen LogP contribution in [-0.2, 0) is 14.3 Å². The Bertz CT molecular complexity index is 1520. The largest absolute Gasteiger partial charge is 0.490 e. The minimum atomic E-state index is -0.658. The van der Waals surface area contributed by atoms with Crippen molar-refractivity contribution in [3.8, 4) is 11.5 Å². The molecule has 36 heavy (non-hydrogen) atoms. The van der Waals surface area contributed by atoms with E-state index in [1.165, 1.54) is 18.3 Å². The summed E-state index contributed by atoms with van der Waals surface area (Å²) < 4.78 is 18.1. The Balaban J connectivity index is 1.87. The van der Waals surface area contributed by atoms with E-state index in [1.807, 2.05) is 37.3 Å². The molecule has 1 aromatic heterocycles. The molecule has 0 radical (unpaired) electrons. The van der Waals surface area contributed by atoms with Crippen molar-refractivity contribution < 1.29 is 23.8 Å². The number of carbonyl (C=O) groups is 2. The molecule has 0 saturated heterocycles. The fraction of sp³-hybridized carbons (Fsp3) is 0.259. The summed E-state index contributed by atoms with van der Waals surface area (Å²) >= 11 is 1.24. The van der Waals surface area contributed by atoms with Gasteiger partial charge < -0.3 is 14.2 Å². The maximum atomic E-state index is 13.7. The van der Waals surface area contributed by atoms with Gasteiger partial charge in [-0.3, -0.25) is 14.2 Å². The van der Waals surface area contributed by atoms with E-state index in [0.29, 0.717) is 44.3 Å². The molecule has 1 aliphatic heterocycles. The summed E-state index contributed by atoms with van der Waals surface area (Å²) in [5, 5.41) is 0. The van der Waals surface area contributed by atoms with E-state index in [4.69, 9.17) is 14.2 Å². The monoisotopic (exact) mass is 506 g/mol. The van der Waals surface area contributed by atoms with Gasteiger partial charge >= 0.3 is 11.9 Å². The zero-order valence-corrected chi connectivity index (χ0v) is 21.3. The first-order valence-electron chi connectivity index (χ1n) is 11.5. The van der Waals surface area contributed by atoms with Gasteiger partial charge in [0.25, 0.3) is 5.56 Å². The van der Waals surface area contributed by atoms with Crippen molar-refractivity contribution in [3.63, 3.8) is 0 Å². The van der Waals surface area contributed by atoms with Gasteiger partial charge in [-0.05, 0) is 50.1 Å². The third-order valence-electron chi connectivity index (χ3n) is 5.45. The number of esters is 2. The fourth-order valence-electron chi connectivity index (χ4n) is 4.02. The highest BCUT2D eigenvalue weighted by atomic mass is 32.1. The number of aromatic nitrogens is 1. The summed E-state index contributed by atoms with van der Waals surface area (Å²) in [4.78, 5) is 43.1. The average molecular weight is 507 g/mol. The molecule has 1 aliphatic rings. The van der Waals surface area contributed by atoms with E-state index < -0.39 is 18.0 Å². The lowest BCUT2D eigenvalue weighted by atomic mass is 9.96. The van der Waals surface area contributed by atoms with Crippen LogP contribution in [0, 0.1) is 0 Å². The molecular formula is C27H26N2O6S. The molecule has 2 aromatic carbocycles. The smallest absolute Gasteiger partial charge is 0.338 e. The van der Waals surface area contributed by atoms with Gasteiger partial charge in [0.15, 0.2) is 16.3 Å². The van der Waals surface area contributed by atoms with Gasteiger partial charge in [-0.2, -0.15) is 0 Å². The van der Waals surface area contributed by atoms with Gasteiger partial charge in [-0.15, -0.1) is 0 Å². The van der Waals surface area contributed by atoms with Crippen LogP contribution in [0.4, 0.5) is 0 Å². The van der Waals surface area contributed by atoms with Crippen molar-refractivity contribution >= 4 is 29.4 Å². The quantitative estimate of drug-likeness (QED) is 0.361. The van der Waals surface area contributed by atoms with Crippen LogP contribution in [-0.4, -0.2) is 29.7 Å². The summed E-state index contributed by atoms with van der Waals surface area (Å²) in [5.74, 6) is -0.242. The first-order valence-corrected chi connectivity index (χ1v) is 12.4. The standard InChI is InChI=1S/C27H26N2O6S/c1-5-33-21-14-18(12-13-20(21)35-17(4)30)15-22-25(31)29-24(19-10-8-7-9-11-19)23(26(32)34-6-2)16(3)28-27(29)36-22/h7-15,24H,5-6H2,1-4H3/b22-15-. The third kappa shape index (κ3) is 5.01. The van der Waals surface area contributed by atoms with Crippen molar-refractivity contribution in [1.29, 1.82) is 0 Å². The lowest BCUT2D eigenvalue weighted by Crippen LogP contribution is -2.39. The lowest BCUT2D eigenvalue weighted by molar-refractivity contribution is -0.139. The Kier molecular flexibility index (Phi) is 7.49. The number of hydrogen-bond acceptors (Lipinski definition) is 8. The molecule has 9 heteroatoms. The Morgan fingerprint density at radius 3 is 2.50 bits per heavy atom. The zero-order chi connectivity index (χ0) is 25.8. The molecule has 8 nitrogen and oxygen atoms in total. The number of hydrogen-bond donors (Lipinski definition) is 0. The van der Waals surface area contributed by atoms with E-state index in [-0.39, 0.29) is 12.2 Å². The number of allylic oxidation sites excluding steroid dienone is 1. The third-order valence-corrected chi connectivity index (χ3v) is 6.43. The first kappa shape index (κ1) is 25.1. The van der Waals surface area contributed by atoms with Gasteiger partial charge in [-0.25, -0.2) is 9.79 Å². The number of rotatable bonds is 7. The van der Waals surface area contributed by atoms with Crippen LogP contribution in [0.3, 0.4) is 0 Å². The highest BCUT2D eigenvalue weighted by Crippen LogP contribution is 2.31. The maximum absolute atomic E-state index is 13.7. The molecule has 0 amide bonds.